The molecule has 21 heavy (non-hydrogen) atoms. The van der Waals surface area contributed by atoms with Gasteiger partial charge in [-0.1, -0.05) is 43.6 Å². The average molecular weight is 354 g/mol. The quantitative estimate of drug-likeness (QED) is 0.785. The molecule has 1 N–H and O–H groups in total. The second-order valence-corrected chi connectivity index (χ2v) is 7.32. The molecule has 1 aromatic carbocycles. The molecule has 3 nitrogen and oxygen atoms in total. The molecule has 1 saturated carbocycles. The van der Waals surface area contributed by atoms with E-state index in [4.69, 9.17) is 4.74 Å². The number of benzene rings is 1. The number of nitrogens with one attached hydrogen (secondary N) is 1. The van der Waals surface area contributed by atoms with Crippen LogP contribution in [0.5, 0.6) is 5.75 Å². The van der Waals surface area contributed by atoms with Crippen molar-refractivity contribution < 1.29 is 9.53 Å². The number of anilines is 1. The Kier molecular flexibility index (Phi) is 4.39. The molecule has 0 saturated heterocycles. The van der Waals surface area contributed by atoms with E-state index in [0.717, 1.165) is 17.0 Å². The molecule has 1 aromatic rings. The Morgan fingerprint density at radius 2 is 1.90 bits per heavy atom. The fourth-order valence-corrected chi connectivity index (χ4v) is 3.56. The predicted octanol–water partition coefficient (Wildman–Crippen LogP) is 4.60. The number of hydrogen-bond acceptors (Lipinski definition) is 2. The Morgan fingerprint density at radius 3 is 2.38 bits per heavy atom. The lowest BCUT2D eigenvalue weighted by Gasteiger charge is -2.12. The van der Waals surface area contributed by atoms with Crippen molar-refractivity contribution in [2.45, 2.75) is 39.9 Å². The summed E-state index contributed by atoms with van der Waals surface area (Å²) in [6.07, 6.45) is 0. The van der Waals surface area contributed by atoms with Crippen molar-refractivity contribution in [1.29, 1.82) is 0 Å². The highest BCUT2D eigenvalue weighted by Gasteiger charge is 2.68. The Bertz CT molecular complexity index is 538. The molecular formula is C17H24BrNO2. The lowest BCUT2D eigenvalue weighted by Crippen LogP contribution is -2.17. The van der Waals surface area contributed by atoms with Crippen molar-refractivity contribution >= 4 is 27.5 Å². The SMILES string of the molecule is CCOc1ccc(NC(=O)C2C(C)(C)C2(C)C)cc1CBr. The van der Waals surface area contributed by atoms with Gasteiger partial charge in [-0.15, -0.1) is 0 Å². The number of rotatable bonds is 5. The number of alkyl halides is 1. The minimum atomic E-state index is 0.0561. The van der Waals surface area contributed by atoms with Crippen molar-refractivity contribution in [2.75, 3.05) is 11.9 Å². The molecule has 0 bridgehead atoms. The summed E-state index contributed by atoms with van der Waals surface area (Å²) in [5.41, 5.74) is 1.99. The van der Waals surface area contributed by atoms with Crippen LogP contribution in [0.3, 0.4) is 0 Å². The van der Waals surface area contributed by atoms with Crippen molar-refractivity contribution in [3.8, 4) is 5.75 Å². The van der Waals surface area contributed by atoms with Crippen molar-refractivity contribution in [2.24, 2.45) is 16.7 Å². The first-order valence-electron chi connectivity index (χ1n) is 7.38. The zero-order chi connectivity index (χ0) is 15.8. The fourth-order valence-electron chi connectivity index (χ4n) is 3.12. The first-order valence-corrected chi connectivity index (χ1v) is 8.50. The number of amides is 1. The largest absolute Gasteiger partial charge is 0.494 e. The van der Waals surface area contributed by atoms with Gasteiger partial charge in [0.25, 0.3) is 0 Å². The molecule has 0 radical (unpaired) electrons. The summed E-state index contributed by atoms with van der Waals surface area (Å²) in [5.74, 6) is 1.03. The fraction of sp³-hybridized carbons (Fsp3) is 0.588. The first kappa shape index (κ1) is 16.3. The van der Waals surface area contributed by atoms with Crippen LogP contribution in [0, 0.1) is 16.7 Å². The Balaban J connectivity index is 2.12. The zero-order valence-electron chi connectivity index (χ0n) is 13.4. The number of hydrogen-bond donors (Lipinski definition) is 1. The van der Waals surface area contributed by atoms with Gasteiger partial charge in [0.15, 0.2) is 0 Å². The van der Waals surface area contributed by atoms with Crippen LogP contribution < -0.4 is 10.1 Å². The smallest absolute Gasteiger partial charge is 0.228 e. The number of carbonyl (C=O) groups is 1. The van der Waals surface area contributed by atoms with Gasteiger partial charge in [-0.3, -0.25) is 4.79 Å². The van der Waals surface area contributed by atoms with E-state index in [9.17, 15) is 4.79 Å². The molecule has 0 unspecified atom stereocenters. The second-order valence-electron chi connectivity index (χ2n) is 6.75. The standard InChI is InChI=1S/C17H24BrNO2/c1-6-21-13-8-7-12(9-11(13)10-18)19-15(20)14-16(2,3)17(14,4)5/h7-9,14H,6,10H2,1-5H3,(H,19,20). The van der Waals surface area contributed by atoms with Gasteiger partial charge in [0, 0.05) is 22.5 Å². The summed E-state index contributed by atoms with van der Waals surface area (Å²) >= 11 is 3.46. The van der Waals surface area contributed by atoms with Crippen LogP contribution in [0.25, 0.3) is 0 Å². The average Bonchev–Trinajstić information content (AvgIpc) is 2.81. The summed E-state index contributed by atoms with van der Waals surface area (Å²) in [6.45, 7) is 11.2. The minimum absolute atomic E-state index is 0.0561. The summed E-state index contributed by atoms with van der Waals surface area (Å²) in [7, 11) is 0. The van der Waals surface area contributed by atoms with E-state index in [-0.39, 0.29) is 22.7 Å². The summed E-state index contributed by atoms with van der Waals surface area (Å²) in [6, 6.07) is 5.79. The third-order valence-electron chi connectivity index (χ3n) is 5.05. The van der Waals surface area contributed by atoms with Crippen LogP contribution in [0.4, 0.5) is 5.69 Å². The van der Waals surface area contributed by atoms with E-state index in [1.165, 1.54) is 0 Å². The van der Waals surface area contributed by atoms with E-state index in [0.29, 0.717) is 11.9 Å². The van der Waals surface area contributed by atoms with Crippen LogP contribution in [0.1, 0.15) is 40.2 Å². The van der Waals surface area contributed by atoms with Gasteiger partial charge < -0.3 is 10.1 Å². The molecule has 1 aliphatic rings. The molecule has 0 aromatic heterocycles. The predicted molar refractivity (Wildman–Crippen MR) is 89.9 cm³/mol. The van der Waals surface area contributed by atoms with Crippen LogP contribution in [0.15, 0.2) is 18.2 Å². The van der Waals surface area contributed by atoms with Crippen LogP contribution in [-0.4, -0.2) is 12.5 Å². The van der Waals surface area contributed by atoms with Crippen molar-refractivity contribution in [3.05, 3.63) is 23.8 Å². The third kappa shape index (κ3) is 2.83. The summed E-state index contributed by atoms with van der Waals surface area (Å²) < 4.78 is 5.57. The molecule has 1 amide bonds. The highest BCUT2D eigenvalue weighted by molar-refractivity contribution is 9.08. The van der Waals surface area contributed by atoms with E-state index in [1.807, 2.05) is 25.1 Å². The number of halogens is 1. The summed E-state index contributed by atoms with van der Waals surface area (Å²) in [4.78, 5) is 12.5. The van der Waals surface area contributed by atoms with Gasteiger partial charge in [0.05, 0.1) is 6.61 Å². The summed E-state index contributed by atoms with van der Waals surface area (Å²) in [5, 5.41) is 3.74. The van der Waals surface area contributed by atoms with E-state index < -0.39 is 0 Å². The first-order chi connectivity index (χ1) is 9.75. The van der Waals surface area contributed by atoms with Crippen molar-refractivity contribution in [3.63, 3.8) is 0 Å². The van der Waals surface area contributed by atoms with Gasteiger partial charge in [-0.25, -0.2) is 0 Å². The molecule has 0 aliphatic heterocycles. The monoisotopic (exact) mass is 353 g/mol. The number of ether oxygens (including phenoxy) is 1. The van der Waals surface area contributed by atoms with Gasteiger partial charge in [0.2, 0.25) is 5.91 Å². The number of carbonyl (C=O) groups excluding carboxylic acids is 1. The highest BCUT2D eigenvalue weighted by Crippen LogP contribution is 2.68. The zero-order valence-corrected chi connectivity index (χ0v) is 15.0. The van der Waals surface area contributed by atoms with Gasteiger partial charge >= 0.3 is 0 Å². The maximum atomic E-state index is 12.5. The molecule has 0 spiro atoms. The Labute approximate surface area is 135 Å². The highest BCUT2D eigenvalue weighted by atomic mass is 79.9. The maximum absolute atomic E-state index is 12.5. The van der Waals surface area contributed by atoms with Crippen LogP contribution in [0.2, 0.25) is 0 Å². The maximum Gasteiger partial charge on any atom is 0.228 e. The van der Waals surface area contributed by atoms with Crippen LogP contribution >= 0.6 is 15.9 Å². The lowest BCUT2D eigenvalue weighted by molar-refractivity contribution is -0.118. The topological polar surface area (TPSA) is 38.3 Å². The van der Waals surface area contributed by atoms with Crippen LogP contribution in [-0.2, 0) is 10.1 Å². The molecule has 1 fully saturated rings. The van der Waals surface area contributed by atoms with Gasteiger partial charge in [-0.2, -0.15) is 0 Å². The minimum Gasteiger partial charge on any atom is -0.494 e. The van der Waals surface area contributed by atoms with E-state index in [2.05, 4.69) is 48.9 Å². The molecule has 116 valence electrons. The normalized spacial score (nSPS) is 19.1. The lowest BCUT2D eigenvalue weighted by atomic mass is 10.0. The van der Waals surface area contributed by atoms with Gasteiger partial charge in [-0.05, 0) is 36.0 Å². The molecule has 0 atom stereocenters. The Morgan fingerprint density at radius 1 is 1.29 bits per heavy atom. The molecule has 2 rings (SSSR count). The molecule has 0 heterocycles. The van der Waals surface area contributed by atoms with Gasteiger partial charge in [0.1, 0.15) is 5.75 Å². The molecule has 4 heteroatoms. The third-order valence-corrected chi connectivity index (χ3v) is 5.66. The molecular weight excluding hydrogens is 330 g/mol. The van der Waals surface area contributed by atoms with Crippen molar-refractivity contribution in [1.82, 2.24) is 0 Å². The van der Waals surface area contributed by atoms with E-state index in [1.54, 1.807) is 0 Å². The molecule has 1 aliphatic carbocycles. The van der Waals surface area contributed by atoms with E-state index >= 15 is 0 Å². The second kappa shape index (κ2) is 5.64. The Hall–Kier alpha value is -1.03.